The molecule has 0 aliphatic heterocycles. The van der Waals surface area contributed by atoms with Crippen molar-refractivity contribution in [1.29, 1.82) is 0 Å². The molecule has 7 heteroatoms. The van der Waals surface area contributed by atoms with E-state index < -0.39 is 0 Å². The first-order valence-corrected chi connectivity index (χ1v) is 5.97. The Labute approximate surface area is 106 Å². The van der Waals surface area contributed by atoms with Crippen molar-refractivity contribution >= 4 is 0 Å². The second-order valence-electron chi connectivity index (χ2n) is 4.28. The van der Waals surface area contributed by atoms with Crippen molar-refractivity contribution in [1.82, 2.24) is 30.0 Å². The number of hydrazine groups is 1. The molecule has 18 heavy (non-hydrogen) atoms. The third-order valence-corrected chi connectivity index (χ3v) is 3.04. The summed E-state index contributed by atoms with van der Waals surface area (Å²) < 4.78 is 3.57. The van der Waals surface area contributed by atoms with Crippen LogP contribution in [0.25, 0.3) is 0 Å². The number of nitrogens with two attached hydrogens (primary N) is 1. The van der Waals surface area contributed by atoms with Crippen LogP contribution >= 0.6 is 0 Å². The Balaban J connectivity index is 2.25. The van der Waals surface area contributed by atoms with Crippen LogP contribution in [0.2, 0.25) is 0 Å². The number of hydrogen-bond acceptors (Lipinski definition) is 5. The molecule has 2 aromatic heterocycles. The summed E-state index contributed by atoms with van der Waals surface area (Å²) >= 11 is 0. The van der Waals surface area contributed by atoms with Crippen molar-refractivity contribution in [2.24, 2.45) is 19.9 Å². The molecule has 0 spiro atoms. The van der Waals surface area contributed by atoms with Gasteiger partial charge in [0.25, 0.3) is 0 Å². The van der Waals surface area contributed by atoms with Crippen LogP contribution in [-0.2, 0) is 26.9 Å². The Morgan fingerprint density at radius 1 is 1.44 bits per heavy atom. The van der Waals surface area contributed by atoms with Crippen LogP contribution in [0.15, 0.2) is 12.5 Å². The van der Waals surface area contributed by atoms with Gasteiger partial charge in [-0.05, 0) is 6.42 Å². The van der Waals surface area contributed by atoms with E-state index in [1.54, 1.807) is 11.0 Å². The zero-order valence-electron chi connectivity index (χ0n) is 11.0. The third-order valence-electron chi connectivity index (χ3n) is 3.04. The lowest BCUT2D eigenvalue weighted by Gasteiger charge is -2.14. The van der Waals surface area contributed by atoms with E-state index in [-0.39, 0.29) is 6.04 Å². The van der Waals surface area contributed by atoms with Gasteiger partial charge in [0.2, 0.25) is 0 Å². The van der Waals surface area contributed by atoms with Gasteiger partial charge < -0.3 is 0 Å². The number of nitrogens with one attached hydrogen (secondary N) is 1. The highest BCUT2D eigenvalue weighted by Crippen LogP contribution is 2.20. The normalized spacial score (nSPS) is 12.9. The van der Waals surface area contributed by atoms with Crippen molar-refractivity contribution in [2.75, 3.05) is 0 Å². The lowest BCUT2D eigenvalue weighted by Crippen LogP contribution is -2.30. The maximum Gasteiger partial charge on any atom is 0.138 e. The van der Waals surface area contributed by atoms with Gasteiger partial charge in [0.1, 0.15) is 12.2 Å². The van der Waals surface area contributed by atoms with Gasteiger partial charge in [0, 0.05) is 32.3 Å². The molecule has 0 aliphatic carbocycles. The maximum atomic E-state index is 5.66. The summed E-state index contributed by atoms with van der Waals surface area (Å²) in [5.74, 6) is 6.55. The minimum Gasteiger partial charge on any atom is -0.275 e. The fourth-order valence-corrected chi connectivity index (χ4v) is 2.06. The van der Waals surface area contributed by atoms with Gasteiger partial charge in [0.15, 0.2) is 0 Å². The van der Waals surface area contributed by atoms with Crippen LogP contribution in [0.4, 0.5) is 0 Å². The first-order chi connectivity index (χ1) is 8.65. The van der Waals surface area contributed by atoms with Crippen molar-refractivity contribution in [3.63, 3.8) is 0 Å². The molecule has 0 radical (unpaired) electrons. The largest absolute Gasteiger partial charge is 0.275 e. The molecule has 3 N–H and O–H groups in total. The van der Waals surface area contributed by atoms with Gasteiger partial charge in [-0.1, -0.05) is 6.92 Å². The highest BCUT2D eigenvalue weighted by Gasteiger charge is 2.19. The third kappa shape index (κ3) is 2.41. The molecule has 1 unspecified atom stereocenters. The fourth-order valence-electron chi connectivity index (χ4n) is 2.06. The minimum absolute atomic E-state index is 0.00319. The van der Waals surface area contributed by atoms with E-state index in [1.807, 2.05) is 25.0 Å². The van der Waals surface area contributed by atoms with Crippen molar-refractivity contribution in [3.8, 4) is 0 Å². The summed E-state index contributed by atoms with van der Waals surface area (Å²) in [7, 11) is 3.79. The number of nitrogens with zero attached hydrogens (tertiary/aromatic N) is 5. The topological polar surface area (TPSA) is 86.6 Å². The zero-order chi connectivity index (χ0) is 13.1. The van der Waals surface area contributed by atoms with Gasteiger partial charge in [-0.25, -0.2) is 4.98 Å². The molecule has 0 fully saturated rings. The van der Waals surface area contributed by atoms with Crippen LogP contribution in [0.5, 0.6) is 0 Å². The Morgan fingerprint density at radius 2 is 2.22 bits per heavy atom. The molecule has 0 bridgehead atoms. The second kappa shape index (κ2) is 5.28. The lowest BCUT2D eigenvalue weighted by atomic mass is 10.0. The Bertz CT molecular complexity index is 513. The zero-order valence-corrected chi connectivity index (χ0v) is 11.0. The summed E-state index contributed by atoms with van der Waals surface area (Å²) in [4.78, 5) is 4.22. The number of rotatable bonds is 5. The average molecular weight is 249 g/mol. The number of aromatic nitrogens is 5. The molecule has 2 rings (SSSR count). The van der Waals surface area contributed by atoms with Crippen molar-refractivity contribution < 1.29 is 0 Å². The summed E-state index contributed by atoms with van der Waals surface area (Å²) in [5.41, 5.74) is 5.01. The molecule has 0 aromatic carbocycles. The van der Waals surface area contributed by atoms with E-state index in [0.29, 0.717) is 6.42 Å². The molecular weight excluding hydrogens is 230 g/mol. The van der Waals surface area contributed by atoms with Crippen LogP contribution in [0, 0.1) is 0 Å². The molecule has 0 amide bonds. The number of hydrogen-bond donors (Lipinski definition) is 2. The van der Waals surface area contributed by atoms with Gasteiger partial charge in [0.05, 0.1) is 11.7 Å². The van der Waals surface area contributed by atoms with Gasteiger partial charge in [-0.3, -0.25) is 20.6 Å². The minimum atomic E-state index is -0.00319. The second-order valence-corrected chi connectivity index (χ2v) is 4.28. The smallest absolute Gasteiger partial charge is 0.138 e. The summed E-state index contributed by atoms with van der Waals surface area (Å²) in [6, 6.07) is -0.00319. The first kappa shape index (κ1) is 12.7. The van der Waals surface area contributed by atoms with Crippen molar-refractivity contribution in [3.05, 3.63) is 29.6 Å². The molecule has 1 atom stereocenters. The van der Waals surface area contributed by atoms with Crippen LogP contribution in [-0.4, -0.2) is 24.5 Å². The van der Waals surface area contributed by atoms with E-state index >= 15 is 0 Å². The van der Waals surface area contributed by atoms with E-state index in [0.717, 1.165) is 23.5 Å². The monoisotopic (exact) mass is 249 g/mol. The Hall–Kier alpha value is -1.73. The highest BCUT2D eigenvalue weighted by molar-refractivity contribution is 5.22. The molecule has 0 saturated heterocycles. The predicted molar refractivity (Wildman–Crippen MR) is 67.4 cm³/mol. The lowest BCUT2D eigenvalue weighted by molar-refractivity contribution is 0.520. The van der Waals surface area contributed by atoms with Crippen molar-refractivity contribution in [2.45, 2.75) is 25.8 Å². The summed E-state index contributed by atoms with van der Waals surface area (Å²) in [6.07, 6.45) is 5.12. The SMILES string of the molecule is CCc1nn(C)cc1C(Cc1ncnn1C)NN. The predicted octanol–water partition coefficient (Wildman–Crippen LogP) is -0.142. The molecule has 0 saturated carbocycles. The fraction of sp³-hybridized carbons (Fsp3) is 0.545. The molecule has 98 valence electrons. The van der Waals surface area contributed by atoms with Gasteiger partial charge in [-0.2, -0.15) is 10.2 Å². The standard InChI is InChI=1S/C11H19N7/c1-4-9-8(6-17(2)16-9)10(15-12)5-11-13-7-14-18(11)3/h6-7,10,15H,4-5,12H2,1-3H3. The summed E-state index contributed by atoms with van der Waals surface area (Å²) in [5, 5.41) is 8.49. The van der Waals surface area contributed by atoms with E-state index in [1.165, 1.54) is 0 Å². The molecule has 2 aromatic rings. The quantitative estimate of drug-likeness (QED) is 0.569. The summed E-state index contributed by atoms with van der Waals surface area (Å²) in [6.45, 7) is 2.09. The van der Waals surface area contributed by atoms with Gasteiger partial charge in [-0.15, -0.1) is 0 Å². The van der Waals surface area contributed by atoms with Crippen LogP contribution < -0.4 is 11.3 Å². The van der Waals surface area contributed by atoms with Crippen LogP contribution in [0.1, 0.15) is 30.0 Å². The first-order valence-electron chi connectivity index (χ1n) is 5.97. The molecule has 0 aliphatic rings. The molecule has 7 nitrogen and oxygen atoms in total. The van der Waals surface area contributed by atoms with E-state index in [9.17, 15) is 0 Å². The van der Waals surface area contributed by atoms with E-state index in [2.05, 4.69) is 27.5 Å². The maximum absolute atomic E-state index is 5.66. The van der Waals surface area contributed by atoms with Crippen LogP contribution in [0.3, 0.4) is 0 Å². The Morgan fingerprint density at radius 3 is 2.78 bits per heavy atom. The van der Waals surface area contributed by atoms with Gasteiger partial charge >= 0.3 is 0 Å². The van der Waals surface area contributed by atoms with E-state index in [4.69, 9.17) is 5.84 Å². The molecule has 2 heterocycles. The molecular formula is C11H19N7. The number of aryl methyl sites for hydroxylation is 3. The highest BCUT2D eigenvalue weighted by atomic mass is 15.3. The Kier molecular flexibility index (Phi) is 3.73. The average Bonchev–Trinajstić information content (AvgIpc) is 2.92.